The van der Waals surface area contributed by atoms with E-state index in [0.29, 0.717) is 6.42 Å². The van der Waals surface area contributed by atoms with Gasteiger partial charge < -0.3 is 19.7 Å². The molecular formula is C12H16O4. The van der Waals surface area contributed by atoms with Gasteiger partial charge in [-0.05, 0) is 6.42 Å². The molecule has 0 bridgehead atoms. The lowest BCUT2D eigenvalue weighted by molar-refractivity contribution is -0.258. The van der Waals surface area contributed by atoms with Gasteiger partial charge in [0.2, 0.25) is 0 Å². The van der Waals surface area contributed by atoms with E-state index in [4.69, 9.17) is 14.6 Å². The van der Waals surface area contributed by atoms with Crippen molar-refractivity contribution in [3.05, 3.63) is 35.9 Å². The van der Waals surface area contributed by atoms with E-state index in [1.54, 1.807) is 0 Å². The fourth-order valence-corrected chi connectivity index (χ4v) is 1.75. The summed E-state index contributed by atoms with van der Waals surface area (Å²) in [6.45, 7) is 0.244. The topological polar surface area (TPSA) is 58.9 Å². The Bertz CT molecular complexity index is 314. The molecule has 3 atom stereocenters. The summed E-state index contributed by atoms with van der Waals surface area (Å²) in [5.41, 5.74) is 0.928. The van der Waals surface area contributed by atoms with Crippen LogP contribution in [0, 0.1) is 0 Å². The molecule has 0 aromatic heterocycles. The van der Waals surface area contributed by atoms with Crippen molar-refractivity contribution in [2.75, 3.05) is 13.2 Å². The van der Waals surface area contributed by atoms with Crippen molar-refractivity contribution >= 4 is 0 Å². The number of rotatable bonds is 3. The summed E-state index contributed by atoms with van der Waals surface area (Å²) in [5.74, 6) is 0. The van der Waals surface area contributed by atoms with Gasteiger partial charge in [0, 0.05) is 12.2 Å². The minimum absolute atomic E-state index is 0.00321. The molecule has 88 valence electrons. The van der Waals surface area contributed by atoms with Crippen molar-refractivity contribution in [1.82, 2.24) is 0 Å². The first-order chi connectivity index (χ1) is 7.81. The Morgan fingerprint density at radius 1 is 1.25 bits per heavy atom. The minimum atomic E-state index is -0.660. The fourth-order valence-electron chi connectivity index (χ4n) is 1.75. The molecule has 1 saturated heterocycles. The van der Waals surface area contributed by atoms with Gasteiger partial charge in [0.1, 0.15) is 6.10 Å². The standard InChI is InChI=1S/C12H16O4/c13-7-6-11-10(14)8-15-12(16-11)9-4-2-1-3-5-9/h1-5,10-14H,6-8H2/t10-,11+,12-/m1/s1. The highest BCUT2D eigenvalue weighted by Gasteiger charge is 2.30. The molecule has 4 nitrogen and oxygen atoms in total. The molecule has 4 heteroatoms. The SMILES string of the molecule is OCC[C@@H]1O[C@H](c2ccccc2)OC[C@H]1O. The first-order valence-corrected chi connectivity index (χ1v) is 5.42. The predicted molar refractivity (Wildman–Crippen MR) is 57.7 cm³/mol. The molecule has 0 amide bonds. The number of aliphatic hydroxyl groups is 2. The molecule has 16 heavy (non-hydrogen) atoms. The van der Waals surface area contributed by atoms with Gasteiger partial charge in [-0.15, -0.1) is 0 Å². The van der Waals surface area contributed by atoms with Gasteiger partial charge in [0.25, 0.3) is 0 Å². The molecule has 1 aliphatic heterocycles. The van der Waals surface area contributed by atoms with E-state index in [0.717, 1.165) is 5.56 Å². The van der Waals surface area contributed by atoms with Crippen molar-refractivity contribution in [2.45, 2.75) is 24.9 Å². The second-order valence-corrected chi connectivity index (χ2v) is 3.83. The smallest absolute Gasteiger partial charge is 0.184 e. The Morgan fingerprint density at radius 2 is 2.00 bits per heavy atom. The van der Waals surface area contributed by atoms with Crippen LogP contribution >= 0.6 is 0 Å². The second kappa shape index (κ2) is 5.41. The Kier molecular flexibility index (Phi) is 3.90. The fraction of sp³-hybridized carbons (Fsp3) is 0.500. The first kappa shape index (κ1) is 11.5. The van der Waals surface area contributed by atoms with Gasteiger partial charge in [-0.3, -0.25) is 0 Å². The summed E-state index contributed by atoms with van der Waals surface area (Å²) in [4.78, 5) is 0. The third kappa shape index (κ3) is 2.59. The maximum Gasteiger partial charge on any atom is 0.184 e. The monoisotopic (exact) mass is 224 g/mol. The van der Waals surface area contributed by atoms with Crippen LogP contribution in [0.3, 0.4) is 0 Å². The Balaban J connectivity index is 2.03. The van der Waals surface area contributed by atoms with E-state index in [9.17, 15) is 5.11 Å². The normalized spacial score (nSPS) is 30.2. The summed E-state index contributed by atoms with van der Waals surface area (Å²) >= 11 is 0. The highest BCUT2D eigenvalue weighted by molar-refractivity contribution is 5.16. The molecule has 0 saturated carbocycles. The zero-order valence-corrected chi connectivity index (χ0v) is 8.95. The molecular weight excluding hydrogens is 208 g/mol. The van der Waals surface area contributed by atoms with Gasteiger partial charge >= 0.3 is 0 Å². The third-order valence-corrected chi connectivity index (χ3v) is 2.63. The summed E-state index contributed by atoms with van der Waals surface area (Å²) in [5, 5.41) is 18.5. The predicted octanol–water partition coefficient (Wildman–Crippen LogP) is 0.844. The highest BCUT2D eigenvalue weighted by atomic mass is 16.7. The van der Waals surface area contributed by atoms with E-state index in [1.807, 2.05) is 30.3 Å². The van der Waals surface area contributed by atoms with Crippen LogP contribution in [0.2, 0.25) is 0 Å². The van der Waals surface area contributed by atoms with Crippen LogP contribution in [-0.4, -0.2) is 35.6 Å². The van der Waals surface area contributed by atoms with Gasteiger partial charge in [-0.2, -0.15) is 0 Å². The largest absolute Gasteiger partial charge is 0.396 e. The third-order valence-electron chi connectivity index (χ3n) is 2.63. The lowest BCUT2D eigenvalue weighted by atomic mass is 10.1. The van der Waals surface area contributed by atoms with Gasteiger partial charge in [-0.1, -0.05) is 30.3 Å². The summed E-state index contributed by atoms with van der Waals surface area (Å²) in [6, 6.07) is 9.57. The van der Waals surface area contributed by atoms with Crippen LogP contribution in [-0.2, 0) is 9.47 Å². The molecule has 2 N–H and O–H groups in total. The van der Waals surface area contributed by atoms with Crippen LogP contribution < -0.4 is 0 Å². The van der Waals surface area contributed by atoms with Crippen molar-refractivity contribution < 1.29 is 19.7 Å². The molecule has 1 fully saturated rings. The van der Waals surface area contributed by atoms with Gasteiger partial charge in [-0.25, -0.2) is 0 Å². The van der Waals surface area contributed by atoms with Crippen molar-refractivity contribution in [1.29, 1.82) is 0 Å². The number of ether oxygens (including phenoxy) is 2. The van der Waals surface area contributed by atoms with Gasteiger partial charge in [0.15, 0.2) is 6.29 Å². The van der Waals surface area contributed by atoms with Crippen molar-refractivity contribution in [2.24, 2.45) is 0 Å². The van der Waals surface area contributed by atoms with E-state index >= 15 is 0 Å². The Morgan fingerprint density at radius 3 is 2.69 bits per heavy atom. The molecule has 1 aliphatic rings. The number of benzene rings is 1. The first-order valence-electron chi connectivity index (χ1n) is 5.42. The minimum Gasteiger partial charge on any atom is -0.396 e. The highest BCUT2D eigenvalue weighted by Crippen LogP contribution is 2.27. The Hall–Kier alpha value is -0.940. The molecule has 0 radical (unpaired) electrons. The lowest BCUT2D eigenvalue weighted by Gasteiger charge is -2.33. The lowest BCUT2D eigenvalue weighted by Crippen LogP contribution is -2.40. The van der Waals surface area contributed by atoms with Crippen LogP contribution in [0.5, 0.6) is 0 Å². The van der Waals surface area contributed by atoms with Gasteiger partial charge in [0.05, 0.1) is 12.7 Å². The second-order valence-electron chi connectivity index (χ2n) is 3.83. The summed E-state index contributed by atoms with van der Waals surface area (Å²) < 4.78 is 11.0. The van der Waals surface area contributed by atoms with Crippen molar-refractivity contribution in [3.8, 4) is 0 Å². The van der Waals surface area contributed by atoms with E-state index < -0.39 is 12.4 Å². The molecule has 2 rings (SSSR count). The maximum atomic E-state index is 9.60. The zero-order chi connectivity index (χ0) is 11.4. The number of aliphatic hydroxyl groups excluding tert-OH is 2. The summed E-state index contributed by atoms with van der Waals surface area (Å²) in [6.07, 6.45) is -1.04. The molecule has 0 unspecified atom stereocenters. The molecule has 1 aromatic carbocycles. The van der Waals surface area contributed by atoms with E-state index in [-0.39, 0.29) is 19.3 Å². The average molecular weight is 224 g/mol. The number of hydrogen-bond donors (Lipinski definition) is 2. The van der Waals surface area contributed by atoms with Crippen LogP contribution in [0.15, 0.2) is 30.3 Å². The molecule has 0 spiro atoms. The number of hydrogen-bond acceptors (Lipinski definition) is 4. The molecule has 0 aliphatic carbocycles. The zero-order valence-electron chi connectivity index (χ0n) is 8.95. The van der Waals surface area contributed by atoms with Crippen molar-refractivity contribution in [3.63, 3.8) is 0 Å². The Labute approximate surface area is 94.4 Å². The van der Waals surface area contributed by atoms with Crippen LogP contribution in [0.1, 0.15) is 18.3 Å². The van der Waals surface area contributed by atoms with E-state index in [1.165, 1.54) is 0 Å². The quantitative estimate of drug-likeness (QED) is 0.799. The van der Waals surface area contributed by atoms with Crippen LogP contribution in [0.25, 0.3) is 0 Å². The molecule has 1 aromatic rings. The molecule has 1 heterocycles. The summed E-state index contributed by atoms with van der Waals surface area (Å²) in [7, 11) is 0. The average Bonchev–Trinajstić information content (AvgIpc) is 2.33. The van der Waals surface area contributed by atoms with Crippen LogP contribution in [0.4, 0.5) is 0 Å². The van der Waals surface area contributed by atoms with E-state index in [2.05, 4.69) is 0 Å². The maximum absolute atomic E-state index is 9.60.